The zero-order valence-electron chi connectivity index (χ0n) is 16.2. The average molecular weight is 410 g/mol. The average Bonchev–Trinajstić information content (AvgIpc) is 3.00. The summed E-state index contributed by atoms with van der Waals surface area (Å²) in [6.07, 6.45) is 7.10. The highest BCUT2D eigenvalue weighted by atomic mass is 32.2. The van der Waals surface area contributed by atoms with Crippen LogP contribution in [0.2, 0.25) is 0 Å². The highest BCUT2D eigenvalue weighted by molar-refractivity contribution is 8.18. The number of amidine groups is 1. The first-order valence-corrected chi connectivity index (χ1v) is 10.6. The number of aromatic nitrogens is 1. The highest BCUT2D eigenvalue weighted by Gasteiger charge is 2.38. The number of aliphatic imine (C=N–C) groups is 1. The molecule has 1 aromatic carbocycles. The number of pyridine rings is 1. The van der Waals surface area contributed by atoms with Gasteiger partial charge in [-0.05, 0) is 67.4 Å². The summed E-state index contributed by atoms with van der Waals surface area (Å²) >= 11 is 1.33. The molecule has 0 bridgehead atoms. The van der Waals surface area contributed by atoms with Crippen LogP contribution in [0, 0.1) is 6.92 Å². The largest absolute Gasteiger partial charge is 0.504 e. The topological polar surface area (TPSA) is 86.0 Å². The van der Waals surface area contributed by atoms with Gasteiger partial charge in [0.25, 0.3) is 5.91 Å². The van der Waals surface area contributed by atoms with Gasteiger partial charge in [0.05, 0.1) is 4.91 Å². The van der Waals surface area contributed by atoms with Gasteiger partial charge in [-0.15, -0.1) is 0 Å². The molecule has 29 heavy (non-hydrogen) atoms. The Kier molecular flexibility index (Phi) is 5.58. The Morgan fingerprint density at radius 1 is 1.14 bits per heavy atom. The van der Waals surface area contributed by atoms with Crippen molar-refractivity contribution < 1.29 is 15.0 Å². The Hall–Kier alpha value is -2.80. The van der Waals surface area contributed by atoms with Gasteiger partial charge >= 0.3 is 0 Å². The molecule has 1 aromatic heterocycles. The van der Waals surface area contributed by atoms with E-state index < -0.39 is 0 Å². The van der Waals surface area contributed by atoms with Crippen LogP contribution in [0.15, 0.2) is 46.3 Å². The number of aryl methyl sites for hydroxylation is 1. The number of nitrogens with zero attached hydrogens (tertiary/aromatic N) is 3. The fourth-order valence-electron chi connectivity index (χ4n) is 3.70. The quantitative estimate of drug-likeness (QED) is 0.565. The van der Waals surface area contributed by atoms with Crippen LogP contribution in [-0.4, -0.2) is 37.2 Å². The molecule has 2 aliphatic rings. The van der Waals surface area contributed by atoms with Crippen molar-refractivity contribution in [2.45, 2.75) is 45.1 Å². The van der Waals surface area contributed by atoms with E-state index in [1.807, 2.05) is 30.0 Å². The number of amides is 1. The van der Waals surface area contributed by atoms with Crippen LogP contribution >= 0.6 is 11.8 Å². The maximum atomic E-state index is 13.3. The molecule has 150 valence electrons. The predicted molar refractivity (Wildman–Crippen MR) is 115 cm³/mol. The van der Waals surface area contributed by atoms with Crippen molar-refractivity contribution in [2.75, 3.05) is 0 Å². The summed E-state index contributed by atoms with van der Waals surface area (Å²) in [6, 6.07) is 10.3. The molecule has 1 amide bonds. The minimum atomic E-state index is -0.211. The maximum absolute atomic E-state index is 13.3. The zero-order valence-corrected chi connectivity index (χ0v) is 17.0. The van der Waals surface area contributed by atoms with Gasteiger partial charge in [0.2, 0.25) is 0 Å². The monoisotopic (exact) mass is 409 g/mol. The number of thioether (sulfide) groups is 1. The van der Waals surface area contributed by atoms with Gasteiger partial charge in [0.15, 0.2) is 22.5 Å². The fraction of sp³-hybridized carbons (Fsp3) is 0.318. The number of hydrogen-bond donors (Lipinski definition) is 2. The first kappa shape index (κ1) is 19.5. The lowest BCUT2D eigenvalue weighted by Gasteiger charge is -2.30. The van der Waals surface area contributed by atoms with E-state index in [-0.39, 0.29) is 23.4 Å². The van der Waals surface area contributed by atoms with Gasteiger partial charge in [-0.25, -0.2) is 9.98 Å². The molecule has 7 heteroatoms. The van der Waals surface area contributed by atoms with Gasteiger partial charge in [-0.1, -0.05) is 31.4 Å². The van der Waals surface area contributed by atoms with Crippen LogP contribution in [0.1, 0.15) is 43.4 Å². The Morgan fingerprint density at radius 2 is 1.93 bits per heavy atom. The Bertz CT molecular complexity index is 997. The molecular formula is C22H23N3O3S. The van der Waals surface area contributed by atoms with Crippen molar-refractivity contribution in [3.05, 3.63) is 52.6 Å². The number of phenolic OH excluding ortho intramolecular Hbond substituents is 2. The van der Waals surface area contributed by atoms with Crippen molar-refractivity contribution in [1.29, 1.82) is 0 Å². The number of carbonyl (C=O) groups excluding carboxylic acids is 1. The zero-order chi connectivity index (χ0) is 20.4. The third-order valence-electron chi connectivity index (χ3n) is 5.16. The molecule has 4 rings (SSSR count). The summed E-state index contributed by atoms with van der Waals surface area (Å²) < 4.78 is 0. The standard InChI is InChI=1S/C22H23N3O3S/c1-14-6-5-9-20(23-14)24-22-25(16-7-3-2-4-8-16)21(28)19(29-22)13-15-10-11-17(26)18(27)12-15/h5-6,9-13,16,26-27H,2-4,7-8H2,1H3/b19-13-,24-22+. The van der Waals surface area contributed by atoms with E-state index in [2.05, 4.69) is 4.98 Å². The number of benzene rings is 1. The lowest BCUT2D eigenvalue weighted by molar-refractivity contribution is -0.124. The Balaban J connectivity index is 1.71. The summed E-state index contributed by atoms with van der Waals surface area (Å²) in [6.45, 7) is 1.91. The predicted octanol–water partition coefficient (Wildman–Crippen LogP) is 4.74. The summed E-state index contributed by atoms with van der Waals surface area (Å²) in [7, 11) is 0. The first-order valence-electron chi connectivity index (χ1n) is 9.79. The minimum absolute atomic E-state index is 0.0686. The number of aromatic hydroxyl groups is 2. The van der Waals surface area contributed by atoms with Crippen LogP contribution in [-0.2, 0) is 4.79 Å². The highest BCUT2D eigenvalue weighted by Crippen LogP contribution is 2.39. The molecule has 1 aliphatic heterocycles. The van der Waals surface area contributed by atoms with Crippen LogP contribution in [0.25, 0.3) is 6.08 Å². The molecule has 0 unspecified atom stereocenters. The van der Waals surface area contributed by atoms with E-state index in [9.17, 15) is 15.0 Å². The van der Waals surface area contributed by atoms with E-state index >= 15 is 0 Å². The van der Waals surface area contributed by atoms with E-state index in [1.165, 1.54) is 30.3 Å². The van der Waals surface area contributed by atoms with Crippen molar-refractivity contribution >= 4 is 34.7 Å². The summed E-state index contributed by atoms with van der Waals surface area (Å²) in [5.41, 5.74) is 1.52. The second-order valence-corrected chi connectivity index (χ2v) is 8.37. The SMILES string of the molecule is Cc1cccc(/N=C2/S/C(=C\c3ccc(O)c(O)c3)C(=O)N2C2CCCCC2)n1. The third kappa shape index (κ3) is 4.29. The molecule has 2 aromatic rings. The maximum Gasteiger partial charge on any atom is 0.267 e. The third-order valence-corrected chi connectivity index (χ3v) is 6.14. The molecular weight excluding hydrogens is 386 g/mol. The van der Waals surface area contributed by atoms with E-state index in [0.29, 0.717) is 21.5 Å². The number of hydrogen-bond acceptors (Lipinski definition) is 6. The number of carbonyl (C=O) groups is 1. The van der Waals surface area contributed by atoms with Crippen LogP contribution in [0.4, 0.5) is 5.82 Å². The Labute approximate surface area is 174 Å². The van der Waals surface area contributed by atoms with Gasteiger partial charge in [0, 0.05) is 11.7 Å². The van der Waals surface area contributed by atoms with Gasteiger partial charge in [0.1, 0.15) is 0 Å². The molecule has 2 fully saturated rings. The summed E-state index contributed by atoms with van der Waals surface area (Å²) in [5, 5.41) is 19.9. The molecule has 2 heterocycles. The lowest BCUT2D eigenvalue weighted by Crippen LogP contribution is -2.40. The molecule has 1 saturated heterocycles. The van der Waals surface area contributed by atoms with Crippen LogP contribution in [0.3, 0.4) is 0 Å². The Morgan fingerprint density at radius 3 is 2.66 bits per heavy atom. The fourth-order valence-corrected chi connectivity index (χ4v) is 4.74. The van der Waals surface area contributed by atoms with Gasteiger partial charge in [-0.2, -0.15) is 0 Å². The van der Waals surface area contributed by atoms with Crippen molar-refractivity contribution in [3.63, 3.8) is 0 Å². The molecule has 0 atom stereocenters. The molecule has 0 radical (unpaired) electrons. The normalized spacial score (nSPS) is 20.7. The molecule has 1 aliphatic carbocycles. The smallest absolute Gasteiger partial charge is 0.267 e. The van der Waals surface area contributed by atoms with E-state index in [0.717, 1.165) is 31.4 Å². The summed E-state index contributed by atoms with van der Waals surface area (Å²) in [4.78, 5) is 24.8. The molecule has 0 spiro atoms. The van der Waals surface area contributed by atoms with Gasteiger partial charge in [-0.3, -0.25) is 9.69 Å². The first-order chi connectivity index (χ1) is 14.0. The summed E-state index contributed by atoms with van der Waals surface area (Å²) in [5.74, 6) is 0.122. The van der Waals surface area contributed by atoms with Crippen molar-refractivity contribution in [2.24, 2.45) is 4.99 Å². The van der Waals surface area contributed by atoms with Crippen molar-refractivity contribution in [3.8, 4) is 11.5 Å². The van der Waals surface area contributed by atoms with E-state index in [1.54, 1.807) is 12.1 Å². The molecule has 6 nitrogen and oxygen atoms in total. The molecule has 1 saturated carbocycles. The van der Waals surface area contributed by atoms with E-state index in [4.69, 9.17) is 4.99 Å². The number of phenols is 2. The second kappa shape index (κ2) is 8.29. The van der Waals surface area contributed by atoms with Crippen LogP contribution in [0.5, 0.6) is 11.5 Å². The minimum Gasteiger partial charge on any atom is -0.504 e. The van der Waals surface area contributed by atoms with Crippen molar-refractivity contribution in [1.82, 2.24) is 9.88 Å². The second-order valence-electron chi connectivity index (χ2n) is 7.36. The number of rotatable bonds is 3. The van der Waals surface area contributed by atoms with Gasteiger partial charge < -0.3 is 10.2 Å². The van der Waals surface area contributed by atoms with Crippen LogP contribution < -0.4 is 0 Å². The lowest BCUT2D eigenvalue weighted by atomic mass is 9.94. The molecule has 2 N–H and O–H groups in total.